The van der Waals surface area contributed by atoms with Gasteiger partial charge in [-0.3, -0.25) is 9.79 Å². The molecule has 1 aliphatic heterocycles. The zero-order valence-corrected chi connectivity index (χ0v) is 12.5. The number of carbonyl (C=O) groups is 1. The first-order valence-electron chi connectivity index (χ1n) is 6.68. The predicted octanol–water partition coefficient (Wildman–Crippen LogP) is 4.16. The number of hydrogen-bond donors (Lipinski definition) is 1. The Hall–Kier alpha value is -1.29. The van der Waals surface area contributed by atoms with Crippen molar-refractivity contribution >= 4 is 22.8 Å². The number of rotatable bonds is 4. The number of nitrogens with zero attached hydrogens (tertiary/aromatic N) is 1. The molecule has 0 aromatic heterocycles. The van der Waals surface area contributed by atoms with Crippen LogP contribution < -0.4 is 5.32 Å². The summed E-state index contributed by atoms with van der Waals surface area (Å²) in [5.74, 6) is 0.0818. The van der Waals surface area contributed by atoms with Crippen molar-refractivity contribution in [2.75, 3.05) is 0 Å². The lowest BCUT2D eigenvalue weighted by atomic mass is 10.0. The fourth-order valence-electron chi connectivity index (χ4n) is 2.20. The Morgan fingerprint density at radius 2 is 2.00 bits per heavy atom. The summed E-state index contributed by atoms with van der Waals surface area (Å²) in [7, 11) is 0. The number of hydrogen-bond acceptors (Lipinski definition) is 3. The molecule has 1 aromatic carbocycles. The first-order chi connectivity index (χ1) is 9.05. The van der Waals surface area contributed by atoms with E-state index in [9.17, 15) is 4.79 Å². The molecule has 0 bridgehead atoms. The van der Waals surface area contributed by atoms with Gasteiger partial charge in [-0.2, -0.15) is 0 Å². The second-order valence-electron chi connectivity index (χ2n) is 5.06. The zero-order valence-electron chi connectivity index (χ0n) is 11.6. The summed E-state index contributed by atoms with van der Waals surface area (Å²) in [4.78, 5) is 16.6. The molecule has 1 saturated heterocycles. The largest absolute Gasteiger partial charge is 0.304 e. The summed E-state index contributed by atoms with van der Waals surface area (Å²) in [5, 5.41) is 3.65. The minimum atomic E-state index is -0.357. The van der Waals surface area contributed by atoms with Crippen molar-refractivity contribution in [1.82, 2.24) is 5.32 Å². The summed E-state index contributed by atoms with van der Waals surface area (Å²) < 4.78 is -0.357. The molecule has 1 aromatic rings. The van der Waals surface area contributed by atoms with Gasteiger partial charge in [0.2, 0.25) is 5.91 Å². The fourth-order valence-corrected chi connectivity index (χ4v) is 3.43. The fraction of sp³-hybridized carbons (Fsp3) is 0.500. The number of benzene rings is 1. The molecule has 1 heterocycles. The van der Waals surface area contributed by atoms with Gasteiger partial charge in [0.1, 0.15) is 0 Å². The molecule has 4 heteroatoms. The van der Waals surface area contributed by atoms with Gasteiger partial charge in [-0.25, -0.2) is 0 Å². The van der Waals surface area contributed by atoms with Crippen LogP contribution in [0.3, 0.4) is 0 Å². The third-order valence-electron chi connectivity index (χ3n) is 3.34. The predicted molar refractivity (Wildman–Crippen MR) is 88.1 cm³/mol. The van der Waals surface area contributed by atoms with Crippen LogP contribution in [0.15, 0.2) is 35.3 Å². The monoisotopic (exact) mass is 292 g/mol. The van der Waals surface area contributed by atoms with E-state index in [2.05, 4.69) is 29.4 Å². The van der Waals surface area contributed by atoms with Gasteiger partial charge in [0.05, 0.1) is 10.8 Å². The van der Waals surface area contributed by atoms with E-state index in [-0.39, 0.29) is 24.1 Å². The van der Waals surface area contributed by atoms with Crippen LogP contribution in [0.1, 0.15) is 52.6 Å². The second kappa shape index (κ2) is 6.93. The molecule has 3 nitrogen and oxygen atoms in total. The van der Waals surface area contributed by atoms with E-state index in [1.54, 1.807) is 11.8 Å². The van der Waals surface area contributed by atoms with E-state index in [4.69, 9.17) is 0 Å². The van der Waals surface area contributed by atoms with Crippen LogP contribution in [0.4, 0.5) is 0 Å². The molecule has 0 spiro atoms. The molecule has 1 N–H and O–H groups in total. The summed E-state index contributed by atoms with van der Waals surface area (Å²) >= 11 is 1.56. The number of thioether (sulfide) groups is 1. The topological polar surface area (TPSA) is 41.5 Å². The minimum absolute atomic E-state index is 0. The smallest absolute Gasteiger partial charge is 0.242 e. The Balaban J connectivity index is 0.00000200. The summed E-state index contributed by atoms with van der Waals surface area (Å²) in [5.41, 5.74) is 1.16. The molecular formula is C16H24N2OS. The van der Waals surface area contributed by atoms with E-state index in [1.165, 1.54) is 0 Å². The number of amidine groups is 1. The molecule has 2 rings (SSSR count). The zero-order chi connectivity index (χ0) is 13.9. The summed E-state index contributed by atoms with van der Waals surface area (Å²) in [6.45, 7) is 6.14. The van der Waals surface area contributed by atoms with Crippen molar-refractivity contribution in [1.29, 1.82) is 0 Å². The SMILES string of the molecule is C.CCC[C@]1(C)SC(=N[C@@H](C)c2ccccc2)NC1=O. The number of carbonyl (C=O) groups excluding carboxylic acids is 1. The number of nitrogens with one attached hydrogen (secondary N) is 1. The van der Waals surface area contributed by atoms with Crippen LogP contribution in [0, 0.1) is 0 Å². The molecule has 0 aliphatic carbocycles. The third kappa shape index (κ3) is 3.63. The van der Waals surface area contributed by atoms with Crippen LogP contribution in [0.25, 0.3) is 0 Å². The van der Waals surface area contributed by atoms with Crippen LogP contribution in [0.5, 0.6) is 0 Å². The van der Waals surface area contributed by atoms with Crippen LogP contribution in [-0.2, 0) is 4.79 Å². The summed E-state index contributed by atoms with van der Waals surface area (Å²) in [6, 6.07) is 10.2. The van der Waals surface area contributed by atoms with Crippen LogP contribution >= 0.6 is 11.8 Å². The molecule has 0 saturated carbocycles. The first-order valence-corrected chi connectivity index (χ1v) is 7.50. The van der Waals surface area contributed by atoms with Crippen molar-refractivity contribution in [2.24, 2.45) is 4.99 Å². The number of aliphatic imine (C=N–C) groups is 1. The highest BCUT2D eigenvalue weighted by atomic mass is 32.2. The highest BCUT2D eigenvalue weighted by molar-refractivity contribution is 8.16. The van der Waals surface area contributed by atoms with Gasteiger partial charge in [-0.05, 0) is 25.8 Å². The third-order valence-corrected chi connectivity index (χ3v) is 4.58. The Kier molecular flexibility index (Phi) is 5.81. The minimum Gasteiger partial charge on any atom is -0.304 e. The quantitative estimate of drug-likeness (QED) is 0.905. The van der Waals surface area contributed by atoms with E-state index in [1.807, 2.05) is 32.0 Å². The van der Waals surface area contributed by atoms with E-state index >= 15 is 0 Å². The van der Waals surface area contributed by atoms with E-state index in [0.717, 1.165) is 23.6 Å². The van der Waals surface area contributed by atoms with Gasteiger partial charge in [0, 0.05) is 0 Å². The lowest BCUT2D eigenvalue weighted by molar-refractivity contribution is -0.121. The lowest BCUT2D eigenvalue weighted by Crippen LogP contribution is -2.33. The lowest BCUT2D eigenvalue weighted by Gasteiger charge is -2.16. The van der Waals surface area contributed by atoms with E-state index in [0.29, 0.717) is 0 Å². The van der Waals surface area contributed by atoms with Gasteiger partial charge < -0.3 is 5.32 Å². The Morgan fingerprint density at radius 1 is 1.35 bits per heavy atom. The van der Waals surface area contributed by atoms with Crippen LogP contribution in [-0.4, -0.2) is 15.8 Å². The molecule has 20 heavy (non-hydrogen) atoms. The molecule has 1 aliphatic rings. The second-order valence-corrected chi connectivity index (χ2v) is 6.55. The van der Waals surface area contributed by atoms with Gasteiger partial charge in [-0.15, -0.1) is 0 Å². The van der Waals surface area contributed by atoms with Crippen molar-refractivity contribution < 1.29 is 4.79 Å². The Bertz CT molecular complexity index is 487. The van der Waals surface area contributed by atoms with Gasteiger partial charge in [-0.1, -0.05) is 62.9 Å². The Morgan fingerprint density at radius 3 is 2.60 bits per heavy atom. The van der Waals surface area contributed by atoms with Gasteiger partial charge in [0.15, 0.2) is 5.17 Å². The first kappa shape index (κ1) is 16.8. The maximum atomic E-state index is 12.0. The highest BCUT2D eigenvalue weighted by Gasteiger charge is 2.41. The standard InChI is InChI=1S/C15H20N2OS.CH4/c1-4-10-15(3)13(18)17-14(19-15)16-11(2)12-8-6-5-7-9-12;/h5-9,11H,4,10H2,1-3H3,(H,16,17,18);1H4/t11-,15-;/m0./s1. The average molecular weight is 292 g/mol. The Labute approximate surface area is 126 Å². The highest BCUT2D eigenvalue weighted by Crippen LogP contribution is 2.36. The van der Waals surface area contributed by atoms with Crippen molar-refractivity contribution in [2.45, 2.75) is 51.8 Å². The maximum absolute atomic E-state index is 12.0. The summed E-state index contributed by atoms with van der Waals surface area (Å²) in [6.07, 6.45) is 1.88. The van der Waals surface area contributed by atoms with Crippen LogP contribution in [0.2, 0.25) is 0 Å². The average Bonchev–Trinajstić information content (AvgIpc) is 2.66. The molecule has 2 atom stereocenters. The van der Waals surface area contributed by atoms with Crippen molar-refractivity contribution in [3.63, 3.8) is 0 Å². The normalized spacial score (nSPS) is 25.1. The molecule has 0 unspecified atom stereocenters. The molecule has 0 radical (unpaired) electrons. The maximum Gasteiger partial charge on any atom is 0.242 e. The molecular weight excluding hydrogens is 268 g/mol. The van der Waals surface area contributed by atoms with Gasteiger partial charge in [0.25, 0.3) is 0 Å². The molecule has 1 fully saturated rings. The van der Waals surface area contributed by atoms with Crippen molar-refractivity contribution in [3.8, 4) is 0 Å². The van der Waals surface area contributed by atoms with E-state index < -0.39 is 0 Å². The van der Waals surface area contributed by atoms with Gasteiger partial charge >= 0.3 is 0 Å². The molecule has 110 valence electrons. The molecule has 1 amide bonds. The van der Waals surface area contributed by atoms with Crippen molar-refractivity contribution in [3.05, 3.63) is 35.9 Å². The number of amides is 1.